The van der Waals surface area contributed by atoms with Gasteiger partial charge in [-0.2, -0.15) is 0 Å². The highest BCUT2D eigenvalue weighted by Gasteiger charge is 2.27. The van der Waals surface area contributed by atoms with Crippen LogP contribution in [-0.2, 0) is 17.6 Å². The number of rotatable bonds is 7. The van der Waals surface area contributed by atoms with Gasteiger partial charge in [0.1, 0.15) is 10.8 Å². The minimum atomic E-state index is -0.152. The quantitative estimate of drug-likeness (QED) is 0.490. The van der Waals surface area contributed by atoms with Gasteiger partial charge in [0.25, 0.3) is 5.91 Å². The summed E-state index contributed by atoms with van der Waals surface area (Å²) in [5.41, 5.74) is 3.57. The van der Waals surface area contributed by atoms with Crippen LogP contribution < -0.4 is 20.3 Å². The van der Waals surface area contributed by atoms with Crippen molar-refractivity contribution >= 4 is 39.5 Å². The molecule has 0 spiro atoms. The van der Waals surface area contributed by atoms with Crippen LogP contribution in [0.15, 0.2) is 54.6 Å². The number of hydrogen-bond donors (Lipinski definition) is 2. The summed E-state index contributed by atoms with van der Waals surface area (Å²) >= 11 is 1.56. The topological polar surface area (TPSA) is 73.9 Å². The summed E-state index contributed by atoms with van der Waals surface area (Å²) in [5.74, 6) is 0.640. The van der Waals surface area contributed by atoms with Crippen molar-refractivity contribution in [2.75, 3.05) is 55.4 Å². The second kappa shape index (κ2) is 11.1. The Morgan fingerprint density at radius 2 is 1.64 bits per heavy atom. The Morgan fingerprint density at radius 3 is 2.42 bits per heavy atom. The molecule has 2 aromatic carbocycles. The van der Waals surface area contributed by atoms with Crippen molar-refractivity contribution in [1.29, 1.82) is 0 Å². The van der Waals surface area contributed by atoms with Gasteiger partial charge in [-0.3, -0.25) is 14.5 Å². The van der Waals surface area contributed by atoms with Gasteiger partial charge in [0.2, 0.25) is 5.91 Å². The number of benzene rings is 2. The molecule has 0 atom stereocenters. The number of piperazine rings is 1. The molecule has 36 heavy (non-hydrogen) atoms. The van der Waals surface area contributed by atoms with Crippen LogP contribution in [0.3, 0.4) is 0 Å². The fourth-order valence-electron chi connectivity index (χ4n) is 5.02. The van der Waals surface area contributed by atoms with Crippen molar-refractivity contribution in [1.82, 2.24) is 4.90 Å². The van der Waals surface area contributed by atoms with E-state index in [0.717, 1.165) is 74.6 Å². The van der Waals surface area contributed by atoms with Crippen molar-refractivity contribution in [2.24, 2.45) is 0 Å². The second-order valence-corrected chi connectivity index (χ2v) is 10.3. The molecule has 2 amide bonds. The van der Waals surface area contributed by atoms with Crippen LogP contribution >= 0.6 is 11.3 Å². The number of carbonyl (C=O) groups is 2. The number of nitrogens with zero attached hydrogens (tertiary/aromatic N) is 2. The molecule has 5 rings (SSSR count). The summed E-state index contributed by atoms with van der Waals surface area (Å²) in [7, 11) is 1.69. The zero-order valence-electron chi connectivity index (χ0n) is 20.6. The Balaban J connectivity index is 1.24. The Kier molecular flexibility index (Phi) is 7.53. The number of para-hydroxylation sites is 3. The van der Waals surface area contributed by atoms with Crippen LogP contribution in [0.25, 0.3) is 0 Å². The standard InChI is InChI=1S/C28H32N4O3S/c1-35-23-13-7-6-12-22(23)32-17-15-31(16-18-32)19-25(33)30-28-26(21-11-5-8-14-24(21)36-28)27(34)29-20-9-3-2-4-10-20/h2-4,6-7,9-10,12-13H,5,8,11,14-19H2,1H3,(H,29,34)(H,30,33). The number of nitrogens with one attached hydrogen (secondary N) is 2. The third kappa shape index (κ3) is 5.39. The molecule has 7 nitrogen and oxygen atoms in total. The summed E-state index contributed by atoms with van der Waals surface area (Å²) in [4.78, 5) is 32.0. The third-order valence-corrected chi connectivity index (χ3v) is 8.06. The minimum Gasteiger partial charge on any atom is -0.495 e. The zero-order chi connectivity index (χ0) is 24.9. The molecule has 0 saturated carbocycles. The molecule has 0 bridgehead atoms. The van der Waals surface area contributed by atoms with Crippen LogP contribution in [0.4, 0.5) is 16.4 Å². The molecule has 1 aromatic heterocycles. The fourth-order valence-corrected chi connectivity index (χ4v) is 6.32. The van der Waals surface area contributed by atoms with Crippen LogP contribution in [0.2, 0.25) is 0 Å². The maximum atomic E-state index is 13.3. The van der Waals surface area contributed by atoms with Gasteiger partial charge < -0.3 is 20.3 Å². The lowest BCUT2D eigenvalue weighted by Gasteiger charge is -2.36. The molecule has 1 aliphatic carbocycles. The molecule has 0 radical (unpaired) electrons. The zero-order valence-corrected chi connectivity index (χ0v) is 21.4. The average molecular weight is 505 g/mol. The normalized spacial score (nSPS) is 15.8. The Morgan fingerprint density at radius 1 is 0.917 bits per heavy atom. The molecular weight excluding hydrogens is 472 g/mol. The van der Waals surface area contributed by atoms with Gasteiger partial charge in [-0.1, -0.05) is 30.3 Å². The molecule has 3 aromatic rings. The lowest BCUT2D eigenvalue weighted by atomic mass is 9.95. The molecule has 1 aliphatic heterocycles. The first-order valence-corrected chi connectivity index (χ1v) is 13.3. The molecule has 0 unspecified atom stereocenters. The Labute approximate surface area is 216 Å². The predicted molar refractivity (Wildman–Crippen MR) is 146 cm³/mol. The van der Waals surface area contributed by atoms with Crippen molar-refractivity contribution in [3.8, 4) is 5.75 Å². The largest absolute Gasteiger partial charge is 0.495 e. The van der Waals surface area contributed by atoms with E-state index in [9.17, 15) is 9.59 Å². The first-order valence-electron chi connectivity index (χ1n) is 12.5. The molecule has 188 valence electrons. The summed E-state index contributed by atoms with van der Waals surface area (Å²) in [6, 6.07) is 17.5. The van der Waals surface area contributed by atoms with Gasteiger partial charge in [0.05, 0.1) is 24.9 Å². The van der Waals surface area contributed by atoms with Crippen molar-refractivity contribution in [3.05, 3.63) is 70.6 Å². The monoisotopic (exact) mass is 504 g/mol. The van der Waals surface area contributed by atoms with Crippen LogP contribution in [0.5, 0.6) is 5.75 Å². The smallest absolute Gasteiger partial charge is 0.258 e. The van der Waals surface area contributed by atoms with Gasteiger partial charge in [0, 0.05) is 36.7 Å². The van der Waals surface area contributed by atoms with Crippen LogP contribution in [0.1, 0.15) is 33.6 Å². The van der Waals surface area contributed by atoms with E-state index >= 15 is 0 Å². The van der Waals surface area contributed by atoms with E-state index < -0.39 is 0 Å². The highest BCUT2D eigenvalue weighted by Crippen LogP contribution is 2.38. The van der Waals surface area contributed by atoms with Gasteiger partial charge in [-0.05, 0) is 55.5 Å². The molecule has 2 aliphatic rings. The number of carbonyl (C=O) groups excluding carboxylic acids is 2. The Bertz CT molecular complexity index is 1220. The number of amides is 2. The van der Waals surface area contributed by atoms with E-state index in [1.807, 2.05) is 48.5 Å². The number of aryl methyl sites for hydroxylation is 1. The van der Waals surface area contributed by atoms with E-state index in [2.05, 4.69) is 26.5 Å². The SMILES string of the molecule is COc1ccccc1N1CCN(CC(=O)Nc2sc3c(c2C(=O)Nc2ccccc2)CCCC3)CC1. The van der Waals surface area contributed by atoms with E-state index in [1.54, 1.807) is 18.4 Å². The number of ether oxygens (including phenoxy) is 1. The Hall–Kier alpha value is -3.36. The van der Waals surface area contributed by atoms with Crippen LogP contribution in [-0.4, -0.2) is 56.5 Å². The van der Waals surface area contributed by atoms with Crippen LogP contribution in [0, 0.1) is 0 Å². The average Bonchev–Trinajstić information content (AvgIpc) is 3.27. The van der Waals surface area contributed by atoms with Gasteiger partial charge in [0.15, 0.2) is 0 Å². The molecule has 2 heterocycles. The van der Waals surface area contributed by atoms with Gasteiger partial charge in [-0.25, -0.2) is 0 Å². The first-order chi connectivity index (χ1) is 17.6. The van der Waals surface area contributed by atoms with Crippen molar-refractivity contribution < 1.29 is 14.3 Å². The first kappa shape index (κ1) is 24.3. The summed E-state index contributed by atoms with van der Waals surface area (Å²) in [6.45, 7) is 3.53. The molecule has 8 heteroatoms. The molecular formula is C28H32N4O3S. The lowest BCUT2D eigenvalue weighted by molar-refractivity contribution is -0.117. The lowest BCUT2D eigenvalue weighted by Crippen LogP contribution is -2.48. The number of methoxy groups -OCH3 is 1. The number of thiophene rings is 1. The number of fused-ring (bicyclic) bond motifs is 1. The van der Waals surface area contributed by atoms with E-state index in [-0.39, 0.29) is 11.8 Å². The fraction of sp³-hybridized carbons (Fsp3) is 0.357. The maximum absolute atomic E-state index is 13.3. The molecule has 2 N–H and O–H groups in total. The van der Waals surface area contributed by atoms with E-state index in [4.69, 9.17) is 4.74 Å². The van der Waals surface area contributed by atoms with E-state index in [0.29, 0.717) is 17.1 Å². The maximum Gasteiger partial charge on any atom is 0.258 e. The minimum absolute atomic E-state index is 0.0758. The second-order valence-electron chi connectivity index (χ2n) is 9.22. The highest BCUT2D eigenvalue weighted by molar-refractivity contribution is 7.17. The van der Waals surface area contributed by atoms with E-state index in [1.165, 1.54) is 4.88 Å². The number of hydrogen-bond acceptors (Lipinski definition) is 6. The summed E-state index contributed by atoms with van der Waals surface area (Å²) in [5, 5.41) is 6.77. The number of anilines is 3. The molecule has 1 fully saturated rings. The molecule has 1 saturated heterocycles. The predicted octanol–water partition coefficient (Wildman–Crippen LogP) is 4.65. The van der Waals surface area contributed by atoms with Crippen molar-refractivity contribution in [2.45, 2.75) is 25.7 Å². The van der Waals surface area contributed by atoms with Gasteiger partial charge in [-0.15, -0.1) is 11.3 Å². The van der Waals surface area contributed by atoms with Crippen molar-refractivity contribution in [3.63, 3.8) is 0 Å². The summed E-state index contributed by atoms with van der Waals surface area (Å²) < 4.78 is 5.51. The summed E-state index contributed by atoms with van der Waals surface area (Å²) in [6.07, 6.45) is 4.03. The third-order valence-electron chi connectivity index (χ3n) is 6.85. The highest BCUT2D eigenvalue weighted by atomic mass is 32.1. The van der Waals surface area contributed by atoms with Gasteiger partial charge >= 0.3 is 0 Å².